The van der Waals surface area contributed by atoms with Gasteiger partial charge in [0.1, 0.15) is 5.75 Å². The van der Waals surface area contributed by atoms with E-state index in [1.165, 1.54) is 7.06 Å². The van der Waals surface area contributed by atoms with Crippen molar-refractivity contribution in [1.82, 2.24) is 0 Å². The maximum Gasteiger partial charge on any atom is 0.343 e. The number of carbonyl (C=O) groups excluding carboxylic acids is 1. The summed E-state index contributed by atoms with van der Waals surface area (Å²) in [6, 6.07) is 20.6. The minimum atomic E-state index is -1.15. The predicted molar refractivity (Wildman–Crippen MR) is 265 cm³/mol. The highest BCUT2D eigenvalue weighted by Gasteiger charge is 2.53. The van der Waals surface area contributed by atoms with E-state index >= 15 is 0 Å². The fraction of sp³-hybridized carbons (Fsp3) is 0.0500. The van der Waals surface area contributed by atoms with Crippen molar-refractivity contribution in [1.29, 1.82) is 0 Å². The van der Waals surface area contributed by atoms with Crippen molar-refractivity contribution in [3.63, 3.8) is 0 Å². The molecule has 0 aliphatic carbocycles. The van der Waals surface area contributed by atoms with E-state index in [1.54, 1.807) is 48.5 Å². The predicted octanol–water partition coefficient (Wildman–Crippen LogP) is -6.62. The first-order valence-electron chi connectivity index (χ1n) is 17.4. The van der Waals surface area contributed by atoms with Crippen LogP contribution >= 0.6 is 0 Å². The highest BCUT2D eigenvalue weighted by molar-refractivity contribution is 8.24. The average Bonchev–Trinajstić information content (AvgIpc) is 3.08. The normalized spacial score (nSPS) is 10.3. The summed E-state index contributed by atoms with van der Waals surface area (Å²) in [7, 11) is 96.3. The highest BCUT2D eigenvalue weighted by atomic mass is 16.5. The lowest BCUT2D eigenvalue weighted by atomic mass is 8.34. The van der Waals surface area contributed by atoms with Gasteiger partial charge in [-0.15, -0.1) is 0 Å². The standard InChI is InChI=1S/C20H15B30N2O2/c1-14-2-8-17(9-3-14)51-52-18-10-12-19(13-11-18)54-20(53)15-4-6-16(7-5-15)37(46(45(36-21)38(22)23)48(39(24)25)40(26)27)47(49(41(28)29)42(30)31)50(43(32)33)44(34)35/h2-13H,1H3. The van der Waals surface area contributed by atoms with Crippen LogP contribution in [0.4, 0.5) is 11.4 Å². The first-order valence-corrected chi connectivity index (χ1v) is 17.4. The maximum absolute atomic E-state index is 13.4. The molecule has 4 nitrogen and oxygen atoms in total. The molecule has 0 bridgehead atoms. The van der Waals surface area contributed by atoms with Crippen LogP contribution in [-0.2, 0) is 0 Å². The lowest BCUT2D eigenvalue weighted by Gasteiger charge is -2.49. The van der Waals surface area contributed by atoms with Gasteiger partial charge in [-0.1, -0.05) is 35.3 Å². The number of aryl methyl sites for hydroxylation is 1. The van der Waals surface area contributed by atoms with Crippen molar-refractivity contribution in [3.05, 3.63) is 83.9 Å². The molecule has 3 rings (SSSR count). The molecule has 0 heterocycles. The summed E-state index contributed by atoms with van der Waals surface area (Å²) < 4.78 is 5.65. The lowest BCUT2D eigenvalue weighted by molar-refractivity contribution is 0.0735. The van der Waals surface area contributed by atoms with Crippen LogP contribution in [0.1, 0.15) is 15.9 Å². The molecule has 3 aromatic rings. The van der Waals surface area contributed by atoms with Crippen molar-refractivity contribution in [2.24, 2.45) is 10.2 Å². The summed E-state index contributed by atoms with van der Waals surface area (Å²) >= 11 is 0. The summed E-state index contributed by atoms with van der Waals surface area (Å²) in [6.07, 6.45) is -13.4. The van der Waals surface area contributed by atoms with Gasteiger partial charge in [0.05, 0.1) is 23.4 Å². The monoisotopic (exact) mass is 645 g/mol. The molecule has 0 amide bonds. The third kappa shape index (κ3) is 12.6. The van der Waals surface area contributed by atoms with Crippen LogP contribution in [-0.4, -0.2) is 219 Å². The van der Waals surface area contributed by atoms with Gasteiger partial charge >= 0.3 is 5.97 Å². The Morgan fingerprint density at radius 1 is 0.519 bits per heavy atom. The van der Waals surface area contributed by atoms with Gasteiger partial charge in [-0.2, -0.15) is 10.2 Å². The molecule has 0 saturated heterocycles. The minimum Gasteiger partial charge on any atom is -0.423 e. The fourth-order valence-corrected chi connectivity index (χ4v) is 7.31. The van der Waals surface area contributed by atoms with Gasteiger partial charge in [0.25, 0.3) is 0 Å². The van der Waals surface area contributed by atoms with Gasteiger partial charge in [0.15, 0.2) is 0 Å². The Hall–Kier alpha value is -1.32. The number of azo groups is 1. The molecule has 0 aromatic heterocycles. The molecule has 0 atom stereocenters. The van der Waals surface area contributed by atoms with E-state index in [4.69, 9.17) is 121 Å². The molecule has 0 aliphatic heterocycles. The Labute approximate surface area is 349 Å². The number of nitrogens with zero attached hydrogens (tertiary/aromatic N) is 2. The second-order valence-corrected chi connectivity index (χ2v) is 13.8. The van der Waals surface area contributed by atoms with E-state index in [9.17, 15) is 4.79 Å². The molecular formula is C20H15B30N2O2. The van der Waals surface area contributed by atoms with Crippen molar-refractivity contribution in [3.8, 4) is 5.75 Å². The van der Waals surface area contributed by atoms with Crippen LogP contribution in [0.5, 0.6) is 5.75 Å². The van der Waals surface area contributed by atoms with Crippen LogP contribution in [0.15, 0.2) is 83.0 Å². The number of rotatable bonds is 19. The number of esters is 1. The topological polar surface area (TPSA) is 51.0 Å². The highest BCUT2D eigenvalue weighted by Crippen LogP contribution is 2.23. The Morgan fingerprint density at radius 2 is 0.907 bits per heavy atom. The zero-order valence-corrected chi connectivity index (χ0v) is 30.5. The second-order valence-electron chi connectivity index (χ2n) is 13.8. The number of hydrogen-bond acceptors (Lipinski definition) is 4. The van der Waals surface area contributed by atoms with Gasteiger partial charge < -0.3 is 4.74 Å². The molecule has 207 valence electrons. The van der Waals surface area contributed by atoms with E-state index in [1.807, 2.05) is 31.2 Å². The molecule has 0 aliphatic rings. The Kier molecular flexibility index (Phi) is 19.2. The summed E-state index contributed by atoms with van der Waals surface area (Å²) in [4.78, 5) is 13.4. The van der Waals surface area contributed by atoms with Crippen LogP contribution in [0, 0.1) is 6.92 Å². The van der Waals surface area contributed by atoms with Crippen LogP contribution in [0.3, 0.4) is 0 Å². The zero-order chi connectivity index (χ0) is 40.4. The Bertz CT molecular complexity index is 1570. The quantitative estimate of drug-likeness (QED) is 0.0568. The lowest BCUT2D eigenvalue weighted by Crippen LogP contribution is -2.88. The van der Waals surface area contributed by atoms with E-state index in [2.05, 4.69) is 10.2 Å². The molecule has 31 radical (unpaired) electrons. The number of hydrogen-bond donors (Lipinski definition) is 0. The average molecular weight is 640 g/mol. The molecule has 0 N–H and O–H groups in total. The number of carbonyl (C=O) groups is 1. The van der Waals surface area contributed by atoms with Gasteiger partial charge in [-0.25, -0.2) is 4.79 Å². The van der Waals surface area contributed by atoms with Crippen LogP contribution in [0.2, 0.25) is 0 Å². The van der Waals surface area contributed by atoms with Gasteiger partial charge in [-0.05, 0) is 55.5 Å². The van der Waals surface area contributed by atoms with Crippen molar-refractivity contribution < 1.29 is 9.53 Å². The third-order valence-corrected chi connectivity index (χ3v) is 9.83. The maximum atomic E-state index is 13.4. The summed E-state index contributed by atoms with van der Waals surface area (Å²) in [5, 5.41) is 8.46. The third-order valence-electron chi connectivity index (χ3n) is 9.83. The Morgan fingerprint density at radius 3 is 1.28 bits per heavy atom. The molecule has 0 spiro atoms. The summed E-state index contributed by atoms with van der Waals surface area (Å²) in [6.45, 7) is 1.11. The van der Waals surface area contributed by atoms with E-state index in [0.29, 0.717) is 16.8 Å². The van der Waals surface area contributed by atoms with Crippen molar-refractivity contribution in [2.75, 3.05) is 0 Å². The molecule has 3 aromatic carbocycles. The van der Waals surface area contributed by atoms with Gasteiger partial charge in [-0.3, -0.25) is 0 Å². The SMILES string of the molecule is [B][B]B(B([B])[B])B(B(B([B])[B])B([B])[B])B(B(B(B([B])[B])B([B])[B])B(B([B])[B])B([B])[B])c1ccc(C(=O)Oc2ccc(N=Nc3ccc(C)cc3)cc2)cc1. The molecule has 0 saturated carbocycles. The summed E-state index contributed by atoms with van der Waals surface area (Å²) in [5.74, 6) is -0.375. The van der Waals surface area contributed by atoms with E-state index in [0.717, 1.165) is 5.56 Å². The number of ether oxygens (including phenoxy) is 1. The van der Waals surface area contributed by atoms with Gasteiger partial charge in [0.2, 0.25) is 0 Å². The van der Waals surface area contributed by atoms with Crippen LogP contribution in [0.25, 0.3) is 0 Å². The van der Waals surface area contributed by atoms with Crippen LogP contribution < -0.4 is 10.2 Å². The Balaban J connectivity index is 2.14. The van der Waals surface area contributed by atoms with Crippen molar-refractivity contribution in [2.45, 2.75) is 6.92 Å². The molecule has 0 fully saturated rings. The van der Waals surface area contributed by atoms with Gasteiger partial charge in [0, 0.05) is 206 Å². The first kappa shape index (κ1) is 47.1. The molecule has 34 heteroatoms. The van der Waals surface area contributed by atoms with E-state index in [-0.39, 0.29) is 11.3 Å². The van der Waals surface area contributed by atoms with E-state index < -0.39 is 95.5 Å². The first-order chi connectivity index (χ1) is 25.4. The number of benzene rings is 3. The minimum absolute atomic E-state index is 0.194. The molecular weight excluding hydrogens is 625 g/mol. The molecule has 0 unspecified atom stereocenters. The smallest absolute Gasteiger partial charge is 0.343 e. The second kappa shape index (κ2) is 22.0. The fourth-order valence-electron chi connectivity index (χ4n) is 7.31. The molecule has 54 heavy (non-hydrogen) atoms. The zero-order valence-electron chi connectivity index (χ0n) is 30.5. The summed E-state index contributed by atoms with van der Waals surface area (Å²) in [5.41, 5.74) is 3.10. The largest absolute Gasteiger partial charge is 0.423 e. The van der Waals surface area contributed by atoms with Crippen molar-refractivity contribution >= 4 is 235 Å².